The Labute approximate surface area is 163 Å². The summed E-state index contributed by atoms with van der Waals surface area (Å²) in [5.41, 5.74) is 1.75. The molecule has 3 rings (SSSR count). The first kappa shape index (κ1) is 19.5. The number of furan rings is 1. The summed E-state index contributed by atoms with van der Waals surface area (Å²) in [7, 11) is 0. The molecular formula is C22H23NO5. The van der Waals surface area contributed by atoms with Gasteiger partial charge in [-0.1, -0.05) is 30.3 Å². The van der Waals surface area contributed by atoms with Gasteiger partial charge >= 0.3 is 5.97 Å². The molecule has 2 N–H and O–H groups in total. The summed E-state index contributed by atoms with van der Waals surface area (Å²) in [6, 6.07) is 11.8. The molecule has 146 valence electrons. The SMILES string of the molecule is Cc1coc(CC(=O)O)c1C(=O)NCc1c(OC(C)C)ccc2ccccc12. The maximum atomic E-state index is 12.8. The van der Waals surface area contributed by atoms with E-state index >= 15 is 0 Å². The van der Waals surface area contributed by atoms with Crippen molar-refractivity contribution in [2.45, 2.75) is 39.8 Å². The number of fused-ring (bicyclic) bond motifs is 1. The number of carbonyl (C=O) groups excluding carboxylic acids is 1. The Hall–Kier alpha value is -3.28. The predicted molar refractivity (Wildman–Crippen MR) is 106 cm³/mol. The van der Waals surface area contributed by atoms with Crippen molar-refractivity contribution in [1.82, 2.24) is 5.32 Å². The van der Waals surface area contributed by atoms with Crippen LogP contribution in [0, 0.1) is 6.92 Å². The molecule has 28 heavy (non-hydrogen) atoms. The highest BCUT2D eigenvalue weighted by molar-refractivity contribution is 5.98. The molecule has 1 aromatic heterocycles. The highest BCUT2D eigenvalue weighted by Crippen LogP contribution is 2.29. The van der Waals surface area contributed by atoms with E-state index < -0.39 is 5.97 Å². The minimum absolute atomic E-state index is 0.00565. The Morgan fingerprint density at radius 3 is 2.64 bits per heavy atom. The van der Waals surface area contributed by atoms with Crippen molar-refractivity contribution in [1.29, 1.82) is 0 Å². The summed E-state index contributed by atoms with van der Waals surface area (Å²) >= 11 is 0. The number of benzene rings is 2. The number of hydrogen-bond donors (Lipinski definition) is 2. The number of nitrogens with one attached hydrogen (secondary N) is 1. The van der Waals surface area contributed by atoms with Crippen LogP contribution in [0.25, 0.3) is 10.8 Å². The Bertz CT molecular complexity index is 1020. The van der Waals surface area contributed by atoms with E-state index in [1.54, 1.807) is 6.92 Å². The average molecular weight is 381 g/mol. The second kappa shape index (κ2) is 8.17. The average Bonchev–Trinajstić information content (AvgIpc) is 2.99. The van der Waals surface area contributed by atoms with E-state index in [9.17, 15) is 9.59 Å². The number of carboxylic acid groups (broad SMARTS) is 1. The molecule has 0 bridgehead atoms. The van der Waals surface area contributed by atoms with E-state index in [-0.39, 0.29) is 36.3 Å². The van der Waals surface area contributed by atoms with Crippen molar-refractivity contribution in [3.8, 4) is 5.75 Å². The fourth-order valence-electron chi connectivity index (χ4n) is 3.19. The number of aliphatic carboxylic acids is 1. The fourth-order valence-corrected chi connectivity index (χ4v) is 3.19. The van der Waals surface area contributed by atoms with E-state index in [0.29, 0.717) is 11.3 Å². The fraction of sp³-hybridized carbons (Fsp3) is 0.273. The van der Waals surface area contributed by atoms with Crippen molar-refractivity contribution in [2.75, 3.05) is 0 Å². The van der Waals surface area contributed by atoms with E-state index in [1.807, 2.05) is 50.2 Å². The summed E-state index contributed by atoms with van der Waals surface area (Å²) in [5, 5.41) is 14.0. The zero-order valence-electron chi connectivity index (χ0n) is 16.1. The normalized spacial score (nSPS) is 11.0. The van der Waals surface area contributed by atoms with Crippen LogP contribution in [0.5, 0.6) is 5.75 Å². The van der Waals surface area contributed by atoms with E-state index in [0.717, 1.165) is 16.3 Å². The molecule has 0 atom stereocenters. The number of carboxylic acids is 1. The number of rotatable bonds is 7. The van der Waals surface area contributed by atoms with Gasteiger partial charge in [-0.15, -0.1) is 0 Å². The van der Waals surface area contributed by atoms with Gasteiger partial charge in [-0.25, -0.2) is 0 Å². The van der Waals surface area contributed by atoms with Crippen LogP contribution in [0.4, 0.5) is 0 Å². The number of carbonyl (C=O) groups is 2. The van der Waals surface area contributed by atoms with Gasteiger partial charge in [0, 0.05) is 17.7 Å². The molecule has 6 nitrogen and oxygen atoms in total. The minimum atomic E-state index is -1.05. The zero-order valence-corrected chi connectivity index (χ0v) is 16.1. The first-order chi connectivity index (χ1) is 13.4. The van der Waals surface area contributed by atoms with Gasteiger partial charge < -0.3 is 19.6 Å². The molecule has 6 heteroatoms. The quantitative estimate of drug-likeness (QED) is 0.644. The van der Waals surface area contributed by atoms with Crippen LogP contribution in [0.1, 0.15) is 41.1 Å². The molecule has 0 saturated heterocycles. The van der Waals surface area contributed by atoms with E-state index in [2.05, 4.69) is 5.32 Å². The van der Waals surface area contributed by atoms with Gasteiger partial charge in [0.25, 0.3) is 5.91 Å². The standard InChI is InChI=1S/C22H23NO5/c1-13(2)28-18-9-8-15-6-4-5-7-16(15)17(18)11-23-22(26)21-14(3)12-27-19(21)10-20(24)25/h4-9,12-13H,10-11H2,1-3H3,(H,23,26)(H,24,25). The molecule has 3 aromatic rings. The summed E-state index contributed by atoms with van der Waals surface area (Å²) in [5.74, 6) is -0.557. The van der Waals surface area contributed by atoms with E-state index in [1.165, 1.54) is 6.26 Å². The van der Waals surface area contributed by atoms with Crippen molar-refractivity contribution in [3.05, 3.63) is 65.1 Å². The lowest BCUT2D eigenvalue weighted by atomic mass is 10.0. The van der Waals surface area contributed by atoms with Crippen LogP contribution in [-0.4, -0.2) is 23.1 Å². The molecule has 2 aromatic carbocycles. The minimum Gasteiger partial charge on any atom is -0.491 e. The topological polar surface area (TPSA) is 88.8 Å². The second-order valence-corrected chi connectivity index (χ2v) is 6.90. The third-order valence-electron chi connectivity index (χ3n) is 4.38. The van der Waals surface area contributed by atoms with Crippen molar-refractivity contribution >= 4 is 22.6 Å². The maximum absolute atomic E-state index is 12.8. The van der Waals surface area contributed by atoms with Crippen LogP contribution in [-0.2, 0) is 17.8 Å². The lowest BCUT2D eigenvalue weighted by molar-refractivity contribution is -0.136. The molecule has 0 aliphatic heterocycles. The van der Waals surface area contributed by atoms with Gasteiger partial charge in [0.05, 0.1) is 17.9 Å². The number of ether oxygens (including phenoxy) is 1. The smallest absolute Gasteiger partial charge is 0.311 e. The first-order valence-electron chi connectivity index (χ1n) is 9.11. The molecular weight excluding hydrogens is 358 g/mol. The molecule has 0 aliphatic carbocycles. The van der Waals surface area contributed by atoms with Crippen LogP contribution >= 0.6 is 0 Å². The van der Waals surface area contributed by atoms with Gasteiger partial charge in [0.15, 0.2) is 0 Å². The number of aryl methyl sites for hydroxylation is 1. The molecule has 0 unspecified atom stereocenters. The first-order valence-corrected chi connectivity index (χ1v) is 9.11. The van der Waals surface area contributed by atoms with Gasteiger partial charge in [-0.3, -0.25) is 9.59 Å². The summed E-state index contributed by atoms with van der Waals surface area (Å²) < 4.78 is 11.2. The van der Waals surface area contributed by atoms with E-state index in [4.69, 9.17) is 14.3 Å². The second-order valence-electron chi connectivity index (χ2n) is 6.90. The molecule has 1 heterocycles. The third-order valence-corrected chi connectivity index (χ3v) is 4.38. The molecule has 0 spiro atoms. The van der Waals surface area contributed by atoms with Gasteiger partial charge in [-0.2, -0.15) is 0 Å². The lowest BCUT2D eigenvalue weighted by Crippen LogP contribution is -2.25. The Morgan fingerprint density at radius 1 is 1.18 bits per heavy atom. The van der Waals surface area contributed by atoms with Crippen LogP contribution in [0.2, 0.25) is 0 Å². The van der Waals surface area contributed by atoms with Gasteiger partial charge in [0.1, 0.15) is 17.9 Å². The highest BCUT2D eigenvalue weighted by Gasteiger charge is 2.21. The Morgan fingerprint density at radius 2 is 1.93 bits per heavy atom. The zero-order chi connectivity index (χ0) is 20.3. The van der Waals surface area contributed by atoms with Gasteiger partial charge in [0.2, 0.25) is 0 Å². The highest BCUT2D eigenvalue weighted by atomic mass is 16.5. The predicted octanol–water partition coefficient (Wildman–Crippen LogP) is 4.09. The lowest BCUT2D eigenvalue weighted by Gasteiger charge is -2.17. The molecule has 1 amide bonds. The summed E-state index contributed by atoms with van der Waals surface area (Å²) in [6.45, 7) is 5.86. The van der Waals surface area contributed by atoms with Crippen LogP contribution in [0.15, 0.2) is 47.1 Å². The molecule has 0 aliphatic rings. The monoisotopic (exact) mass is 381 g/mol. The van der Waals surface area contributed by atoms with Crippen molar-refractivity contribution < 1.29 is 23.8 Å². The van der Waals surface area contributed by atoms with Crippen molar-refractivity contribution in [3.63, 3.8) is 0 Å². The van der Waals surface area contributed by atoms with Crippen LogP contribution in [0.3, 0.4) is 0 Å². The maximum Gasteiger partial charge on any atom is 0.311 e. The summed E-state index contributed by atoms with van der Waals surface area (Å²) in [4.78, 5) is 23.8. The molecule has 0 radical (unpaired) electrons. The van der Waals surface area contributed by atoms with Gasteiger partial charge in [-0.05, 0) is 37.6 Å². The summed E-state index contributed by atoms with van der Waals surface area (Å²) in [6.07, 6.45) is 1.05. The largest absolute Gasteiger partial charge is 0.491 e. The Kier molecular flexibility index (Phi) is 5.68. The molecule has 0 fully saturated rings. The number of amides is 1. The Balaban J connectivity index is 1.90. The van der Waals surface area contributed by atoms with Crippen LogP contribution < -0.4 is 10.1 Å². The van der Waals surface area contributed by atoms with Crippen molar-refractivity contribution in [2.24, 2.45) is 0 Å². The molecule has 0 saturated carbocycles. The third kappa shape index (κ3) is 4.17. The number of hydrogen-bond acceptors (Lipinski definition) is 4.